The summed E-state index contributed by atoms with van der Waals surface area (Å²) >= 11 is 12.2. The van der Waals surface area contributed by atoms with Crippen LogP contribution in [0.3, 0.4) is 0 Å². The lowest BCUT2D eigenvalue weighted by Crippen LogP contribution is -2.12. The Morgan fingerprint density at radius 3 is 2.43 bits per heavy atom. The van der Waals surface area contributed by atoms with E-state index in [9.17, 15) is 4.79 Å². The molecule has 0 amide bonds. The van der Waals surface area contributed by atoms with Gasteiger partial charge in [0.15, 0.2) is 0 Å². The van der Waals surface area contributed by atoms with Crippen LogP contribution in [0.25, 0.3) is 0 Å². The highest BCUT2D eigenvalue weighted by Crippen LogP contribution is 2.25. The summed E-state index contributed by atoms with van der Waals surface area (Å²) in [4.78, 5) is 12.3. The second-order valence-electron chi connectivity index (χ2n) is 4.89. The van der Waals surface area contributed by atoms with Crippen LogP contribution >= 0.6 is 23.2 Å². The van der Waals surface area contributed by atoms with E-state index in [-0.39, 0.29) is 12.2 Å². The van der Waals surface area contributed by atoms with Crippen LogP contribution in [0.4, 0.5) is 0 Å². The number of nitrogens with zero attached hydrogens (tertiary/aromatic N) is 2. The summed E-state index contributed by atoms with van der Waals surface area (Å²) in [5, 5.41) is 5.53. The van der Waals surface area contributed by atoms with E-state index < -0.39 is 0 Å². The predicted molar refractivity (Wildman–Crippen MR) is 86.2 cm³/mol. The fraction of sp³-hybridized carbons (Fsp3) is 0.375. The Morgan fingerprint density at radius 1 is 1.19 bits per heavy atom. The van der Waals surface area contributed by atoms with Crippen molar-refractivity contribution >= 4 is 29.0 Å². The Bertz CT molecular complexity index is 629. The van der Waals surface area contributed by atoms with Crippen molar-refractivity contribution < 1.29 is 4.79 Å². The van der Waals surface area contributed by atoms with Crippen LogP contribution in [0.2, 0.25) is 10.0 Å². The van der Waals surface area contributed by atoms with Crippen LogP contribution in [0.5, 0.6) is 0 Å². The lowest BCUT2D eigenvalue weighted by atomic mass is 10.1. The third-order valence-electron chi connectivity index (χ3n) is 3.39. The molecule has 0 N–H and O–H groups in total. The molecule has 0 bridgehead atoms. The van der Waals surface area contributed by atoms with Crippen LogP contribution in [0.1, 0.15) is 30.8 Å². The number of Topliss-reactive ketones (excluding diaryl/α,β-unsaturated/α-hetero) is 1. The Labute approximate surface area is 134 Å². The number of halogens is 2. The first-order valence-corrected chi connectivity index (χ1v) is 7.80. The zero-order valence-electron chi connectivity index (χ0n) is 12.2. The third kappa shape index (κ3) is 3.86. The number of benzene rings is 1. The highest BCUT2D eigenvalue weighted by molar-refractivity contribution is 6.36. The fourth-order valence-electron chi connectivity index (χ4n) is 2.27. The minimum Gasteiger partial charge on any atom is -0.299 e. The topological polar surface area (TPSA) is 34.9 Å². The normalized spacial score (nSPS) is 10.9. The first-order chi connectivity index (χ1) is 10.0. The summed E-state index contributed by atoms with van der Waals surface area (Å²) in [6.07, 6.45) is 1.46. The van der Waals surface area contributed by atoms with Crippen molar-refractivity contribution in [1.82, 2.24) is 9.78 Å². The molecule has 2 rings (SSSR count). The largest absolute Gasteiger partial charge is 0.299 e. The molecule has 1 heterocycles. The molecule has 0 saturated heterocycles. The molecule has 112 valence electrons. The van der Waals surface area contributed by atoms with E-state index in [0.717, 1.165) is 24.4 Å². The van der Waals surface area contributed by atoms with E-state index in [0.29, 0.717) is 22.0 Å². The fourth-order valence-corrected chi connectivity index (χ4v) is 2.80. The van der Waals surface area contributed by atoms with E-state index in [2.05, 4.69) is 12.0 Å². The van der Waals surface area contributed by atoms with Gasteiger partial charge in [-0.2, -0.15) is 5.10 Å². The van der Waals surface area contributed by atoms with Gasteiger partial charge < -0.3 is 0 Å². The SMILES string of the molecule is CCc1cc(CC(=O)Cc2c(Cl)cccc2Cl)n(CC)n1. The van der Waals surface area contributed by atoms with Crippen molar-refractivity contribution in [3.05, 3.63) is 51.3 Å². The molecule has 5 heteroatoms. The summed E-state index contributed by atoms with van der Waals surface area (Å²) in [5.74, 6) is 0.0854. The first-order valence-electron chi connectivity index (χ1n) is 7.05. The number of hydrogen-bond acceptors (Lipinski definition) is 2. The molecule has 0 saturated carbocycles. The third-order valence-corrected chi connectivity index (χ3v) is 4.10. The van der Waals surface area contributed by atoms with Gasteiger partial charge in [-0.05, 0) is 37.1 Å². The maximum Gasteiger partial charge on any atom is 0.143 e. The number of aryl methyl sites for hydroxylation is 2. The number of carbonyl (C=O) groups is 1. The number of hydrogen-bond donors (Lipinski definition) is 0. The molecule has 0 fully saturated rings. The summed E-state index contributed by atoms with van der Waals surface area (Å²) < 4.78 is 1.88. The lowest BCUT2D eigenvalue weighted by Gasteiger charge is -2.07. The predicted octanol–water partition coefficient (Wildman–Crippen LogP) is 4.13. The molecular weight excluding hydrogens is 307 g/mol. The standard InChI is InChI=1S/C16H18Cl2N2O/c1-3-11-8-12(20(4-2)19-11)9-13(21)10-14-15(17)6-5-7-16(14)18/h5-8H,3-4,9-10H2,1-2H3. The summed E-state index contributed by atoms with van der Waals surface area (Å²) in [6, 6.07) is 7.27. The van der Waals surface area contributed by atoms with Crippen LogP contribution in [-0.2, 0) is 30.6 Å². The van der Waals surface area contributed by atoms with E-state index in [1.165, 1.54) is 0 Å². The van der Waals surface area contributed by atoms with Crippen molar-refractivity contribution in [3.63, 3.8) is 0 Å². The summed E-state index contributed by atoms with van der Waals surface area (Å²) in [5.41, 5.74) is 2.65. The first kappa shape index (κ1) is 16.1. The zero-order chi connectivity index (χ0) is 15.4. The van der Waals surface area contributed by atoms with Crippen molar-refractivity contribution in [3.8, 4) is 0 Å². The van der Waals surface area contributed by atoms with Crippen LogP contribution in [0, 0.1) is 0 Å². The molecule has 0 spiro atoms. The molecular formula is C16H18Cl2N2O. The van der Waals surface area contributed by atoms with Crippen molar-refractivity contribution in [2.75, 3.05) is 0 Å². The van der Waals surface area contributed by atoms with Gasteiger partial charge in [-0.25, -0.2) is 0 Å². The Morgan fingerprint density at radius 2 is 1.86 bits per heavy atom. The number of ketones is 1. The van der Waals surface area contributed by atoms with Crippen LogP contribution in [0.15, 0.2) is 24.3 Å². The maximum absolute atomic E-state index is 12.3. The monoisotopic (exact) mass is 324 g/mol. The highest BCUT2D eigenvalue weighted by atomic mass is 35.5. The Kier molecular flexibility index (Phi) is 5.43. The quantitative estimate of drug-likeness (QED) is 0.800. The van der Waals surface area contributed by atoms with E-state index in [1.54, 1.807) is 18.2 Å². The van der Waals surface area contributed by atoms with Gasteiger partial charge in [0.1, 0.15) is 5.78 Å². The number of carbonyl (C=O) groups excluding carboxylic acids is 1. The van der Waals surface area contributed by atoms with Gasteiger partial charge in [-0.15, -0.1) is 0 Å². The second-order valence-corrected chi connectivity index (χ2v) is 5.70. The average molecular weight is 325 g/mol. The van der Waals surface area contributed by atoms with Crippen molar-refractivity contribution in [1.29, 1.82) is 0 Å². The molecule has 21 heavy (non-hydrogen) atoms. The Balaban J connectivity index is 2.13. The van der Waals surface area contributed by atoms with E-state index >= 15 is 0 Å². The number of aromatic nitrogens is 2. The molecule has 0 atom stereocenters. The molecule has 3 nitrogen and oxygen atoms in total. The zero-order valence-corrected chi connectivity index (χ0v) is 13.7. The summed E-state index contributed by atoms with van der Waals surface area (Å²) in [6.45, 7) is 4.83. The van der Waals surface area contributed by atoms with Gasteiger partial charge >= 0.3 is 0 Å². The van der Waals surface area contributed by atoms with Gasteiger partial charge in [0.25, 0.3) is 0 Å². The minimum absolute atomic E-state index is 0.0854. The molecule has 0 unspecified atom stereocenters. The lowest BCUT2D eigenvalue weighted by molar-refractivity contribution is -0.117. The molecule has 1 aromatic heterocycles. The molecule has 2 aromatic rings. The average Bonchev–Trinajstić information content (AvgIpc) is 2.85. The van der Waals surface area contributed by atoms with Crippen LogP contribution < -0.4 is 0 Å². The van der Waals surface area contributed by atoms with E-state index in [1.807, 2.05) is 17.7 Å². The maximum atomic E-state index is 12.3. The van der Waals surface area contributed by atoms with Crippen LogP contribution in [-0.4, -0.2) is 15.6 Å². The molecule has 0 aliphatic rings. The van der Waals surface area contributed by atoms with E-state index in [4.69, 9.17) is 23.2 Å². The van der Waals surface area contributed by atoms with Crippen molar-refractivity contribution in [2.45, 2.75) is 39.7 Å². The van der Waals surface area contributed by atoms with Gasteiger partial charge in [0, 0.05) is 35.1 Å². The second kappa shape index (κ2) is 7.10. The minimum atomic E-state index is 0.0854. The van der Waals surface area contributed by atoms with Gasteiger partial charge in [0.2, 0.25) is 0 Å². The number of rotatable bonds is 6. The smallest absolute Gasteiger partial charge is 0.143 e. The highest BCUT2D eigenvalue weighted by Gasteiger charge is 2.14. The molecule has 0 aliphatic heterocycles. The molecule has 1 aromatic carbocycles. The summed E-state index contributed by atoms with van der Waals surface area (Å²) in [7, 11) is 0. The van der Waals surface area contributed by atoms with Gasteiger partial charge in [0.05, 0.1) is 5.69 Å². The van der Waals surface area contributed by atoms with Gasteiger partial charge in [-0.1, -0.05) is 36.2 Å². The molecule has 0 radical (unpaired) electrons. The van der Waals surface area contributed by atoms with Gasteiger partial charge in [-0.3, -0.25) is 9.48 Å². The van der Waals surface area contributed by atoms with Crippen molar-refractivity contribution in [2.24, 2.45) is 0 Å². The molecule has 0 aliphatic carbocycles. The Hall–Kier alpha value is -1.32.